The fraction of sp³-hybridized carbons (Fsp3) is 0.231. The Labute approximate surface area is 115 Å². The van der Waals surface area contributed by atoms with Crippen molar-refractivity contribution < 1.29 is 4.79 Å². The van der Waals surface area contributed by atoms with Crippen LogP contribution < -0.4 is 16.4 Å². The van der Waals surface area contributed by atoms with E-state index in [1.165, 1.54) is 0 Å². The Kier molecular flexibility index (Phi) is 3.71. The highest BCUT2D eigenvalue weighted by Crippen LogP contribution is 2.26. The molecule has 19 heavy (non-hydrogen) atoms. The summed E-state index contributed by atoms with van der Waals surface area (Å²) in [4.78, 5) is 17.6. The van der Waals surface area contributed by atoms with Crippen LogP contribution in [0.15, 0.2) is 23.6 Å². The highest BCUT2D eigenvalue weighted by atomic mass is 32.1. The Balaban J connectivity index is 2.26. The molecule has 0 radical (unpaired) electrons. The van der Waals surface area contributed by atoms with E-state index in [2.05, 4.69) is 4.98 Å². The van der Waals surface area contributed by atoms with Gasteiger partial charge in [-0.15, -0.1) is 11.3 Å². The van der Waals surface area contributed by atoms with Gasteiger partial charge in [0, 0.05) is 12.4 Å². The molecule has 2 rings (SSSR count). The van der Waals surface area contributed by atoms with Gasteiger partial charge >= 0.3 is 0 Å². The van der Waals surface area contributed by atoms with E-state index in [4.69, 9.17) is 11.5 Å². The molecule has 0 saturated carbocycles. The maximum absolute atomic E-state index is 11.3. The third kappa shape index (κ3) is 2.85. The van der Waals surface area contributed by atoms with E-state index in [0.717, 1.165) is 16.4 Å². The molecule has 0 bridgehead atoms. The number of para-hydroxylation sites is 1. The standard InChI is InChI=1S/C13H16N4OS/c1-8-16-9(7-19-8)6-17(2)11-5-3-4-10(12(11)14)13(15)18/h3-5,7H,6,14H2,1-2H3,(H2,15,18). The minimum absolute atomic E-state index is 0.346. The normalized spacial score (nSPS) is 10.4. The average molecular weight is 276 g/mol. The highest BCUT2D eigenvalue weighted by molar-refractivity contribution is 7.09. The number of nitrogens with two attached hydrogens (primary N) is 2. The van der Waals surface area contributed by atoms with E-state index in [9.17, 15) is 4.79 Å². The molecule has 0 saturated heterocycles. The predicted octanol–water partition coefficient (Wildman–Crippen LogP) is 1.77. The third-order valence-electron chi connectivity index (χ3n) is 2.83. The summed E-state index contributed by atoms with van der Waals surface area (Å²) >= 11 is 1.61. The first kappa shape index (κ1) is 13.4. The summed E-state index contributed by atoms with van der Waals surface area (Å²) in [6, 6.07) is 5.26. The monoisotopic (exact) mass is 276 g/mol. The molecule has 2 aromatic rings. The van der Waals surface area contributed by atoms with Crippen molar-refractivity contribution in [2.45, 2.75) is 13.5 Å². The van der Waals surface area contributed by atoms with Crippen LogP contribution in [-0.4, -0.2) is 17.9 Å². The summed E-state index contributed by atoms with van der Waals surface area (Å²) in [5.74, 6) is -0.516. The van der Waals surface area contributed by atoms with Crippen LogP contribution in [0, 0.1) is 6.92 Å². The van der Waals surface area contributed by atoms with Crippen LogP contribution in [0.5, 0.6) is 0 Å². The molecular weight excluding hydrogens is 260 g/mol. The van der Waals surface area contributed by atoms with Gasteiger partial charge in [0.15, 0.2) is 0 Å². The average Bonchev–Trinajstić information content (AvgIpc) is 2.74. The van der Waals surface area contributed by atoms with Crippen LogP contribution in [-0.2, 0) is 6.54 Å². The Morgan fingerprint density at radius 2 is 2.21 bits per heavy atom. The molecule has 0 aliphatic rings. The van der Waals surface area contributed by atoms with Crippen molar-refractivity contribution in [2.75, 3.05) is 17.7 Å². The third-order valence-corrected chi connectivity index (χ3v) is 3.65. The quantitative estimate of drug-likeness (QED) is 0.833. The number of aryl methyl sites for hydroxylation is 1. The molecule has 0 aliphatic carbocycles. The highest BCUT2D eigenvalue weighted by Gasteiger charge is 2.13. The molecule has 0 spiro atoms. The zero-order valence-corrected chi connectivity index (χ0v) is 11.7. The zero-order valence-electron chi connectivity index (χ0n) is 10.9. The molecule has 0 unspecified atom stereocenters. The van der Waals surface area contributed by atoms with Crippen LogP contribution in [0.3, 0.4) is 0 Å². The first-order chi connectivity index (χ1) is 8.99. The number of primary amides is 1. The van der Waals surface area contributed by atoms with Gasteiger partial charge in [-0.2, -0.15) is 0 Å². The first-order valence-corrected chi connectivity index (χ1v) is 6.67. The molecular formula is C13H16N4OS. The lowest BCUT2D eigenvalue weighted by Crippen LogP contribution is -2.20. The smallest absolute Gasteiger partial charge is 0.250 e. The first-order valence-electron chi connectivity index (χ1n) is 5.79. The van der Waals surface area contributed by atoms with Crippen molar-refractivity contribution >= 4 is 28.6 Å². The number of amides is 1. The summed E-state index contributed by atoms with van der Waals surface area (Å²) in [7, 11) is 1.91. The molecule has 1 aromatic carbocycles. The number of aromatic nitrogens is 1. The number of nitrogens with zero attached hydrogens (tertiary/aromatic N) is 2. The summed E-state index contributed by atoms with van der Waals surface area (Å²) in [6.45, 7) is 2.60. The van der Waals surface area contributed by atoms with Crippen LogP contribution in [0.2, 0.25) is 0 Å². The molecule has 1 amide bonds. The van der Waals surface area contributed by atoms with Crippen molar-refractivity contribution in [2.24, 2.45) is 5.73 Å². The second-order valence-electron chi connectivity index (χ2n) is 4.32. The second-order valence-corrected chi connectivity index (χ2v) is 5.38. The molecule has 1 aromatic heterocycles. The van der Waals surface area contributed by atoms with Crippen LogP contribution in [0.4, 0.5) is 11.4 Å². The Morgan fingerprint density at radius 3 is 2.79 bits per heavy atom. The molecule has 0 aliphatic heterocycles. The van der Waals surface area contributed by atoms with E-state index in [-0.39, 0.29) is 0 Å². The van der Waals surface area contributed by atoms with Gasteiger partial charge in [0.05, 0.1) is 34.2 Å². The minimum Gasteiger partial charge on any atom is -0.396 e. The van der Waals surface area contributed by atoms with E-state index in [1.807, 2.05) is 30.3 Å². The molecule has 4 N–H and O–H groups in total. The summed E-state index contributed by atoms with van der Waals surface area (Å²) in [5, 5.41) is 3.04. The lowest BCUT2D eigenvalue weighted by atomic mass is 10.1. The maximum Gasteiger partial charge on any atom is 0.250 e. The second kappa shape index (κ2) is 5.27. The van der Waals surface area contributed by atoms with Crippen LogP contribution in [0.1, 0.15) is 21.1 Å². The molecule has 1 heterocycles. The molecule has 100 valence electrons. The van der Waals surface area contributed by atoms with Gasteiger partial charge in [-0.05, 0) is 19.1 Å². The van der Waals surface area contributed by atoms with E-state index < -0.39 is 5.91 Å². The molecule has 0 fully saturated rings. The van der Waals surface area contributed by atoms with Crippen molar-refractivity contribution in [3.05, 3.63) is 39.8 Å². The number of rotatable bonds is 4. The topological polar surface area (TPSA) is 85.2 Å². The fourth-order valence-electron chi connectivity index (χ4n) is 1.91. The van der Waals surface area contributed by atoms with Crippen molar-refractivity contribution in [1.82, 2.24) is 4.98 Å². The number of carbonyl (C=O) groups excluding carboxylic acids is 1. The van der Waals surface area contributed by atoms with Gasteiger partial charge in [0.25, 0.3) is 5.91 Å². The van der Waals surface area contributed by atoms with E-state index in [1.54, 1.807) is 23.5 Å². The van der Waals surface area contributed by atoms with E-state index in [0.29, 0.717) is 17.8 Å². The molecule has 5 nitrogen and oxygen atoms in total. The fourth-order valence-corrected chi connectivity index (χ4v) is 2.51. The number of carbonyl (C=O) groups is 1. The maximum atomic E-state index is 11.3. The van der Waals surface area contributed by atoms with Crippen molar-refractivity contribution in [3.8, 4) is 0 Å². The van der Waals surface area contributed by atoms with Gasteiger partial charge < -0.3 is 16.4 Å². The SMILES string of the molecule is Cc1nc(CN(C)c2cccc(C(N)=O)c2N)cs1. The minimum atomic E-state index is -0.516. The van der Waals surface area contributed by atoms with E-state index >= 15 is 0 Å². The predicted molar refractivity (Wildman–Crippen MR) is 78.3 cm³/mol. The Bertz CT molecular complexity index is 608. The summed E-state index contributed by atoms with van der Waals surface area (Å²) in [6.07, 6.45) is 0. The number of benzene rings is 1. The summed E-state index contributed by atoms with van der Waals surface area (Å²) < 4.78 is 0. The number of hydrogen-bond acceptors (Lipinski definition) is 5. The van der Waals surface area contributed by atoms with Gasteiger partial charge in [0.1, 0.15) is 0 Å². The molecule has 6 heteroatoms. The Hall–Kier alpha value is -2.08. The van der Waals surface area contributed by atoms with Gasteiger partial charge in [-0.1, -0.05) is 6.07 Å². The van der Waals surface area contributed by atoms with Crippen molar-refractivity contribution in [1.29, 1.82) is 0 Å². The number of nitrogen functional groups attached to an aromatic ring is 1. The van der Waals surface area contributed by atoms with Crippen molar-refractivity contribution in [3.63, 3.8) is 0 Å². The lowest BCUT2D eigenvalue weighted by Gasteiger charge is -2.21. The van der Waals surface area contributed by atoms with Crippen LogP contribution in [0.25, 0.3) is 0 Å². The summed E-state index contributed by atoms with van der Waals surface area (Å²) in [5.41, 5.74) is 13.8. The van der Waals surface area contributed by atoms with Gasteiger partial charge in [-0.3, -0.25) is 4.79 Å². The number of hydrogen-bond donors (Lipinski definition) is 2. The molecule has 0 atom stereocenters. The largest absolute Gasteiger partial charge is 0.396 e. The zero-order chi connectivity index (χ0) is 14.0. The van der Waals surface area contributed by atoms with Gasteiger partial charge in [-0.25, -0.2) is 4.98 Å². The van der Waals surface area contributed by atoms with Gasteiger partial charge in [0.2, 0.25) is 0 Å². The number of anilines is 2. The lowest BCUT2D eigenvalue weighted by molar-refractivity contribution is 0.100. The van der Waals surface area contributed by atoms with Crippen LogP contribution >= 0.6 is 11.3 Å². The Morgan fingerprint density at radius 1 is 1.47 bits per heavy atom. The number of thiazole rings is 1.